The summed E-state index contributed by atoms with van der Waals surface area (Å²) in [6, 6.07) is 4.07. The van der Waals surface area contributed by atoms with Crippen LogP contribution in [0.3, 0.4) is 0 Å². The van der Waals surface area contributed by atoms with Crippen molar-refractivity contribution in [2.75, 3.05) is 23.7 Å². The first-order chi connectivity index (χ1) is 8.34. The number of hydrogen-bond acceptors (Lipinski definition) is 5. The zero-order chi connectivity index (χ0) is 11.7. The first-order valence-corrected chi connectivity index (χ1v) is 5.76. The van der Waals surface area contributed by atoms with Gasteiger partial charge in [0.15, 0.2) is 5.76 Å². The molecule has 0 atom stereocenters. The molecule has 0 unspecified atom stereocenters. The highest BCUT2D eigenvalue weighted by molar-refractivity contribution is 5.72. The lowest BCUT2D eigenvalue weighted by molar-refractivity contribution is 0.594. The Bertz CT molecular complexity index is 517. The van der Waals surface area contributed by atoms with Crippen molar-refractivity contribution in [1.29, 1.82) is 0 Å². The normalized spacial score (nSPS) is 15.4. The molecule has 3 heterocycles. The van der Waals surface area contributed by atoms with Crippen LogP contribution in [0.25, 0.3) is 11.3 Å². The fraction of sp³-hybridized carbons (Fsp3) is 0.333. The van der Waals surface area contributed by atoms with Gasteiger partial charge in [0.1, 0.15) is 5.82 Å². The molecule has 5 heteroatoms. The van der Waals surface area contributed by atoms with Gasteiger partial charge in [-0.2, -0.15) is 0 Å². The number of hydrogen-bond donors (Lipinski definition) is 1. The topological polar surface area (TPSA) is 68.2 Å². The number of nitrogens with zero attached hydrogens (tertiary/aromatic N) is 3. The van der Waals surface area contributed by atoms with Crippen LogP contribution in [-0.2, 0) is 0 Å². The van der Waals surface area contributed by atoms with E-state index >= 15 is 0 Å². The molecule has 0 aliphatic carbocycles. The molecule has 0 saturated carbocycles. The Morgan fingerprint density at radius 3 is 2.76 bits per heavy atom. The Labute approximate surface area is 99.3 Å². The molecule has 17 heavy (non-hydrogen) atoms. The van der Waals surface area contributed by atoms with E-state index < -0.39 is 0 Å². The van der Waals surface area contributed by atoms with Gasteiger partial charge in [0, 0.05) is 19.3 Å². The quantitative estimate of drug-likeness (QED) is 0.853. The molecule has 1 aliphatic heterocycles. The van der Waals surface area contributed by atoms with E-state index in [2.05, 4.69) is 14.9 Å². The van der Waals surface area contributed by atoms with E-state index in [1.54, 1.807) is 12.4 Å². The van der Waals surface area contributed by atoms with Gasteiger partial charge in [-0.1, -0.05) is 0 Å². The van der Waals surface area contributed by atoms with Crippen molar-refractivity contribution in [3.63, 3.8) is 0 Å². The second-order valence-electron chi connectivity index (χ2n) is 4.13. The Morgan fingerprint density at radius 1 is 1.24 bits per heavy atom. The maximum Gasteiger partial charge on any atom is 0.292 e. The third-order valence-corrected chi connectivity index (χ3v) is 2.98. The number of rotatable bonds is 2. The Kier molecular flexibility index (Phi) is 2.44. The van der Waals surface area contributed by atoms with Crippen molar-refractivity contribution < 1.29 is 4.42 Å². The molecule has 2 aromatic heterocycles. The van der Waals surface area contributed by atoms with E-state index in [1.807, 2.05) is 12.1 Å². The molecular formula is C12H14N4O. The van der Waals surface area contributed by atoms with Crippen LogP contribution in [0.15, 0.2) is 28.9 Å². The standard InChI is InChI=1S/C12H14N4O/c13-12-15-8-10(17-12)9-4-3-5-14-11(9)16-6-1-2-7-16/h3-5,8H,1-2,6-7H2,(H2,13,15). The van der Waals surface area contributed by atoms with Gasteiger partial charge in [0.25, 0.3) is 6.01 Å². The summed E-state index contributed by atoms with van der Waals surface area (Å²) in [4.78, 5) is 10.6. The summed E-state index contributed by atoms with van der Waals surface area (Å²) in [5, 5.41) is 0. The number of nitrogens with two attached hydrogens (primary N) is 1. The minimum absolute atomic E-state index is 0.191. The van der Waals surface area contributed by atoms with Crippen molar-refractivity contribution in [3.8, 4) is 11.3 Å². The molecule has 88 valence electrons. The predicted molar refractivity (Wildman–Crippen MR) is 65.6 cm³/mol. The highest BCUT2D eigenvalue weighted by Gasteiger charge is 2.19. The Hall–Kier alpha value is -2.04. The molecule has 2 aromatic rings. The molecule has 0 aromatic carbocycles. The van der Waals surface area contributed by atoms with Gasteiger partial charge in [0.05, 0.1) is 11.8 Å². The zero-order valence-electron chi connectivity index (χ0n) is 9.47. The van der Waals surface area contributed by atoms with Crippen LogP contribution < -0.4 is 10.6 Å². The summed E-state index contributed by atoms with van der Waals surface area (Å²) in [6.45, 7) is 2.10. The molecule has 2 N–H and O–H groups in total. The highest BCUT2D eigenvalue weighted by atomic mass is 16.4. The van der Waals surface area contributed by atoms with Gasteiger partial charge >= 0.3 is 0 Å². The van der Waals surface area contributed by atoms with Gasteiger partial charge in [0.2, 0.25) is 0 Å². The van der Waals surface area contributed by atoms with Gasteiger partial charge in [-0.3, -0.25) is 0 Å². The highest BCUT2D eigenvalue weighted by Crippen LogP contribution is 2.31. The molecule has 0 radical (unpaired) electrons. The average Bonchev–Trinajstić information content (AvgIpc) is 3.00. The van der Waals surface area contributed by atoms with E-state index in [4.69, 9.17) is 10.2 Å². The van der Waals surface area contributed by atoms with Gasteiger partial charge in [-0.15, -0.1) is 0 Å². The molecule has 3 rings (SSSR count). The monoisotopic (exact) mass is 230 g/mol. The van der Waals surface area contributed by atoms with Crippen LogP contribution in [0.1, 0.15) is 12.8 Å². The number of nitrogen functional groups attached to an aromatic ring is 1. The zero-order valence-corrected chi connectivity index (χ0v) is 9.47. The van der Waals surface area contributed by atoms with Crippen molar-refractivity contribution in [3.05, 3.63) is 24.5 Å². The molecular weight excluding hydrogens is 216 g/mol. The van der Waals surface area contributed by atoms with Crippen molar-refractivity contribution in [2.45, 2.75) is 12.8 Å². The van der Waals surface area contributed by atoms with Crippen LogP contribution in [0, 0.1) is 0 Å². The first kappa shape index (κ1) is 10.1. The molecule has 0 amide bonds. The summed E-state index contributed by atoms with van der Waals surface area (Å²) in [7, 11) is 0. The molecule has 0 bridgehead atoms. The maximum atomic E-state index is 5.51. The smallest absolute Gasteiger partial charge is 0.292 e. The fourth-order valence-electron chi connectivity index (χ4n) is 2.18. The lowest BCUT2D eigenvalue weighted by Crippen LogP contribution is -2.19. The Morgan fingerprint density at radius 2 is 2.06 bits per heavy atom. The van der Waals surface area contributed by atoms with Crippen molar-refractivity contribution in [2.24, 2.45) is 0 Å². The van der Waals surface area contributed by atoms with Crippen LogP contribution in [0.4, 0.5) is 11.8 Å². The number of anilines is 2. The number of pyridine rings is 1. The minimum Gasteiger partial charge on any atom is -0.424 e. The third kappa shape index (κ3) is 1.84. The molecule has 1 fully saturated rings. The van der Waals surface area contributed by atoms with E-state index in [0.29, 0.717) is 5.76 Å². The molecule has 1 saturated heterocycles. The van der Waals surface area contributed by atoms with E-state index in [0.717, 1.165) is 24.5 Å². The first-order valence-electron chi connectivity index (χ1n) is 5.76. The SMILES string of the molecule is Nc1ncc(-c2cccnc2N2CCCC2)o1. The lowest BCUT2D eigenvalue weighted by Gasteiger charge is -2.18. The van der Waals surface area contributed by atoms with Crippen LogP contribution in [-0.4, -0.2) is 23.1 Å². The van der Waals surface area contributed by atoms with Crippen LogP contribution >= 0.6 is 0 Å². The molecule has 0 spiro atoms. The molecule has 5 nitrogen and oxygen atoms in total. The van der Waals surface area contributed by atoms with Crippen molar-refractivity contribution in [1.82, 2.24) is 9.97 Å². The largest absolute Gasteiger partial charge is 0.424 e. The van der Waals surface area contributed by atoms with Gasteiger partial charge in [-0.05, 0) is 25.0 Å². The third-order valence-electron chi connectivity index (χ3n) is 2.98. The minimum atomic E-state index is 0.191. The number of oxazole rings is 1. The van der Waals surface area contributed by atoms with Gasteiger partial charge in [-0.25, -0.2) is 9.97 Å². The van der Waals surface area contributed by atoms with Crippen molar-refractivity contribution >= 4 is 11.8 Å². The summed E-state index contributed by atoms with van der Waals surface area (Å²) >= 11 is 0. The fourth-order valence-corrected chi connectivity index (χ4v) is 2.18. The second-order valence-corrected chi connectivity index (χ2v) is 4.13. The summed E-state index contributed by atoms with van der Waals surface area (Å²) in [5.74, 6) is 1.64. The predicted octanol–water partition coefficient (Wildman–Crippen LogP) is 1.92. The summed E-state index contributed by atoms with van der Waals surface area (Å²) in [5.41, 5.74) is 6.46. The van der Waals surface area contributed by atoms with Crippen LogP contribution in [0.2, 0.25) is 0 Å². The molecule has 1 aliphatic rings. The summed E-state index contributed by atoms with van der Waals surface area (Å²) in [6.07, 6.45) is 5.88. The Balaban J connectivity index is 2.03. The second kappa shape index (κ2) is 4.08. The van der Waals surface area contributed by atoms with Gasteiger partial charge < -0.3 is 15.1 Å². The summed E-state index contributed by atoms with van der Waals surface area (Å²) < 4.78 is 5.37. The van der Waals surface area contributed by atoms with Crippen LogP contribution in [0.5, 0.6) is 0 Å². The number of aromatic nitrogens is 2. The van der Waals surface area contributed by atoms with E-state index in [9.17, 15) is 0 Å². The lowest BCUT2D eigenvalue weighted by atomic mass is 10.2. The average molecular weight is 230 g/mol. The van der Waals surface area contributed by atoms with E-state index in [-0.39, 0.29) is 6.01 Å². The maximum absolute atomic E-state index is 5.51. The van der Waals surface area contributed by atoms with E-state index in [1.165, 1.54) is 12.8 Å².